The van der Waals surface area contributed by atoms with Crippen LogP contribution in [-0.4, -0.2) is 55.1 Å². The van der Waals surface area contributed by atoms with Crippen molar-refractivity contribution in [2.45, 2.75) is 15.0 Å². The molecule has 1 aliphatic rings. The summed E-state index contributed by atoms with van der Waals surface area (Å²) in [4.78, 5) is 12.1. The zero-order valence-electron chi connectivity index (χ0n) is 16.7. The van der Waals surface area contributed by atoms with Crippen molar-refractivity contribution in [2.24, 2.45) is 0 Å². The zero-order chi connectivity index (χ0) is 22.6. The molecule has 1 N–H and O–H groups in total. The number of hydrogen-bond donors (Lipinski definition) is 1. The summed E-state index contributed by atoms with van der Waals surface area (Å²) in [6, 6.07) is 13.1. The second-order valence-corrected chi connectivity index (χ2v) is 10.9. The molecule has 0 radical (unpaired) electrons. The summed E-state index contributed by atoms with van der Waals surface area (Å²) in [5, 5.41) is 10.9. The van der Waals surface area contributed by atoms with Crippen molar-refractivity contribution < 1.29 is 22.3 Å². The number of rotatable bonds is 7. The molecule has 0 atom stereocenters. The van der Waals surface area contributed by atoms with Gasteiger partial charge in [-0.05, 0) is 23.8 Å². The van der Waals surface area contributed by atoms with Gasteiger partial charge in [-0.25, -0.2) is 12.8 Å². The highest BCUT2D eigenvalue weighted by atomic mass is 32.2. The first-order valence-corrected chi connectivity index (χ1v) is 12.9. The largest absolute Gasteiger partial charge is 0.379 e. The number of carbonyl (C=O) groups is 1. The van der Waals surface area contributed by atoms with E-state index in [1.165, 1.54) is 29.2 Å². The van der Waals surface area contributed by atoms with Gasteiger partial charge in [0.05, 0.1) is 13.2 Å². The summed E-state index contributed by atoms with van der Waals surface area (Å²) in [6.07, 6.45) is 0. The van der Waals surface area contributed by atoms with E-state index in [4.69, 9.17) is 4.74 Å². The van der Waals surface area contributed by atoms with Gasteiger partial charge in [0.2, 0.25) is 15.2 Å². The quantitative estimate of drug-likeness (QED) is 0.397. The minimum absolute atomic E-state index is 0.00641. The summed E-state index contributed by atoms with van der Waals surface area (Å²) >= 11 is 2.69. The highest BCUT2D eigenvalue weighted by molar-refractivity contribution is 8.00. The fourth-order valence-corrected chi connectivity index (χ4v) is 6.18. The van der Waals surface area contributed by atoms with Gasteiger partial charge in [0, 0.05) is 24.4 Å². The Morgan fingerprint density at radius 2 is 1.91 bits per heavy atom. The van der Waals surface area contributed by atoms with Gasteiger partial charge >= 0.3 is 0 Å². The highest BCUT2D eigenvalue weighted by Crippen LogP contribution is 2.29. The van der Waals surface area contributed by atoms with Gasteiger partial charge in [-0.1, -0.05) is 53.4 Å². The maximum absolute atomic E-state index is 14.3. The molecular weight excluding hydrogens is 475 g/mol. The monoisotopic (exact) mass is 494 g/mol. The number of ether oxygens (including phenoxy) is 1. The predicted octanol–water partition coefficient (Wildman–Crippen LogP) is 3.24. The second kappa shape index (κ2) is 10.0. The van der Waals surface area contributed by atoms with E-state index in [1.54, 1.807) is 0 Å². The number of anilines is 1. The molecule has 12 heteroatoms. The number of hydrogen-bond acceptors (Lipinski definition) is 8. The summed E-state index contributed by atoms with van der Waals surface area (Å²) in [6.45, 7) is 0.740. The molecule has 0 saturated carbocycles. The van der Waals surface area contributed by atoms with Crippen LogP contribution < -0.4 is 5.32 Å². The molecule has 0 bridgehead atoms. The molecule has 32 heavy (non-hydrogen) atoms. The average Bonchev–Trinajstić information content (AvgIpc) is 3.26. The van der Waals surface area contributed by atoms with Gasteiger partial charge in [0.25, 0.3) is 5.91 Å². The molecule has 1 amide bonds. The Labute approximate surface area is 192 Å². The van der Waals surface area contributed by atoms with E-state index < -0.39 is 26.6 Å². The third-order valence-corrected chi connectivity index (χ3v) is 8.57. The minimum atomic E-state index is -4.08. The van der Waals surface area contributed by atoms with E-state index in [0.717, 1.165) is 22.0 Å². The fourth-order valence-electron chi connectivity index (χ4n) is 2.98. The molecule has 1 aliphatic heterocycles. The standard InChI is InChI=1S/C20H19FN4O4S3/c21-16-7-6-15(12-17(16)32(27,28)25-8-10-29-11-9-25)18(26)22-19-23-24-20(31-19)30-13-14-4-2-1-3-5-14/h1-7,12H,8-11,13H2,(H,22,23,26). The van der Waals surface area contributed by atoms with Crippen LogP contribution in [0, 0.1) is 5.82 Å². The van der Waals surface area contributed by atoms with Gasteiger partial charge in [-0.2, -0.15) is 4.31 Å². The van der Waals surface area contributed by atoms with Crippen LogP contribution in [0.15, 0.2) is 57.8 Å². The molecule has 1 aromatic heterocycles. The third kappa shape index (κ3) is 5.33. The number of nitrogens with one attached hydrogen (secondary N) is 1. The number of sulfonamides is 1. The molecule has 0 spiro atoms. The summed E-state index contributed by atoms with van der Waals surface area (Å²) in [5.74, 6) is -0.799. The number of thioether (sulfide) groups is 1. The lowest BCUT2D eigenvalue weighted by Crippen LogP contribution is -2.41. The first-order valence-electron chi connectivity index (χ1n) is 9.62. The van der Waals surface area contributed by atoms with Crippen LogP contribution in [0.25, 0.3) is 0 Å². The normalized spacial score (nSPS) is 14.9. The van der Waals surface area contributed by atoms with E-state index in [2.05, 4.69) is 15.5 Å². The van der Waals surface area contributed by atoms with Crippen molar-refractivity contribution >= 4 is 44.2 Å². The van der Waals surface area contributed by atoms with E-state index in [9.17, 15) is 17.6 Å². The maximum Gasteiger partial charge on any atom is 0.257 e. The van der Waals surface area contributed by atoms with Crippen molar-refractivity contribution in [3.8, 4) is 0 Å². The Morgan fingerprint density at radius 3 is 2.66 bits per heavy atom. The van der Waals surface area contributed by atoms with Gasteiger partial charge in [-0.15, -0.1) is 10.2 Å². The third-order valence-electron chi connectivity index (χ3n) is 4.61. The Balaban J connectivity index is 1.45. The topological polar surface area (TPSA) is 101 Å². The lowest BCUT2D eigenvalue weighted by molar-refractivity contribution is 0.0729. The SMILES string of the molecule is O=C(Nc1nnc(SCc2ccccc2)s1)c1ccc(F)c(S(=O)(=O)N2CCOCC2)c1. The molecule has 1 saturated heterocycles. The molecule has 1 fully saturated rings. The summed E-state index contributed by atoms with van der Waals surface area (Å²) in [7, 11) is -4.08. The number of halogens is 1. The van der Waals surface area contributed by atoms with Gasteiger partial charge in [-0.3, -0.25) is 10.1 Å². The predicted molar refractivity (Wildman–Crippen MR) is 120 cm³/mol. The van der Waals surface area contributed by atoms with Crippen LogP contribution in [0.2, 0.25) is 0 Å². The molecule has 3 aromatic rings. The highest BCUT2D eigenvalue weighted by Gasteiger charge is 2.30. The number of amides is 1. The van der Waals surface area contributed by atoms with Crippen molar-refractivity contribution in [1.29, 1.82) is 0 Å². The Morgan fingerprint density at radius 1 is 1.16 bits per heavy atom. The lowest BCUT2D eigenvalue weighted by Gasteiger charge is -2.26. The number of morpholine rings is 1. The van der Waals surface area contributed by atoms with Gasteiger partial charge in [0.1, 0.15) is 10.7 Å². The molecular formula is C20H19FN4O4S3. The second-order valence-electron chi connectivity index (χ2n) is 6.76. The first-order chi connectivity index (χ1) is 15.4. The van der Waals surface area contributed by atoms with Crippen LogP contribution in [-0.2, 0) is 20.5 Å². The maximum atomic E-state index is 14.3. The Bertz CT molecular complexity index is 1200. The van der Waals surface area contributed by atoms with E-state index in [1.807, 2.05) is 30.3 Å². The smallest absolute Gasteiger partial charge is 0.257 e. The van der Waals surface area contributed by atoms with Crippen LogP contribution >= 0.6 is 23.1 Å². The average molecular weight is 495 g/mol. The van der Waals surface area contributed by atoms with Crippen LogP contribution in [0.3, 0.4) is 0 Å². The van der Waals surface area contributed by atoms with Crippen LogP contribution in [0.5, 0.6) is 0 Å². The molecule has 168 valence electrons. The van der Waals surface area contributed by atoms with Crippen LogP contribution in [0.4, 0.5) is 9.52 Å². The van der Waals surface area contributed by atoms with Gasteiger partial charge < -0.3 is 4.74 Å². The number of carbonyl (C=O) groups excluding carboxylic acids is 1. The number of benzene rings is 2. The van der Waals surface area contributed by atoms with Crippen molar-refractivity contribution in [1.82, 2.24) is 14.5 Å². The summed E-state index contributed by atoms with van der Waals surface area (Å²) in [5.41, 5.74) is 1.14. The molecule has 0 aliphatic carbocycles. The van der Waals surface area contributed by atoms with Crippen molar-refractivity contribution in [3.63, 3.8) is 0 Å². The Kier molecular flexibility index (Phi) is 7.16. The van der Waals surface area contributed by atoms with Crippen LogP contribution in [0.1, 0.15) is 15.9 Å². The fraction of sp³-hybridized carbons (Fsp3) is 0.250. The van der Waals surface area contributed by atoms with E-state index >= 15 is 0 Å². The number of aromatic nitrogens is 2. The number of nitrogens with zero attached hydrogens (tertiary/aromatic N) is 3. The van der Waals surface area contributed by atoms with Crippen molar-refractivity contribution in [2.75, 3.05) is 31.6 Å². The Hall–Kier alpha value is -2.38. The van der Waals surface area contributed by atoms with E-state index in [0.29, 0.717) is 10.1 Å². The first kappa shape index (κ1) is 22.8. The van der Waals surface area contributed by atoms with Gasteiger partial charge in [0.15, 0.2) is 4.34 Å². The molecule has 8 nitrogen and oxygen atoms in total. The van der Waals surface area contributed by atoms with Crippen molar-refractivity contribution in [3.05, 3.63) is 65.5 Å². The van der Waals surface area contributed by atoms with E-state index in [-0.39, 0.29) is 37.0 Å². The molecule has 2 heterocycles. The lowest BCUT2D eigenvalue weighted by atomic mass is 10.2. The zero-order valence-corrected chi connectivity index (χ0v) is 19.2. The summed E-state index contributed by atoms with van der Waals surface area (Å²) < 4.78 is 47.0. The molecule has 0 unspecified atom stereocenters. The molecule has 2 aromatic carbocycles. The molecule has 4 rings (SSSR count). The minimum Gasteiger partial charge on any atom is -0.379 e.